The SMILES string of the molecule is CSCC(=O)NC(c1ccccn1)C1CC(O)C1. The lowest BCUT2D eigenvalue weighted by Gasteiger charge is -2.37. The van der Waals surface area contributed by atoms with E-state index in [4.69, 9.17) is 0 Å². The molecule has 1 aromatic heterocycles. The molecule has 4 nitrogen and oxygen atoms in total. The average Bonchev–Trinajstić information content (AvgIpc) is 2.34. The highest BCUT2D eigenvalue weighted by Crippen LogP contribution is 2.37. The van der Waals surface area contributed by atoms with E-state index >= 15 is 0 Å². The first-order chi connectivity index (χ1) is 8.70. The number of nitrogens with zero attached hydrogens (tertiary/aromatic N) is 1. The van der Waals surface area contributed by atoms with Crippen LogP contribution in [0.3, 0.4) is 0 Å². The summed E-state index contributed by atoms with van der Waals surface area (Å²) in [4.78, 5) is 16.0. The van der Waals surface area contributed by atoms with Crippen molar-refractivity contribution >= 4 is 17.7 Å². The molecule has 0 spiro atoms. The van der Waals surface area contributed by atoms with Crippen LogP contribution < -0.4 is 5.32 Å². The Morgan fingerprint density at radius 2 is 2.39 bits per heavy atom. The molecule has 0 radical (unpaired) electrons. The predicted molar refractivity (Wildman–Crippen MR) is 72.2 cm³/mol. The maximum Gasteiger partial charge on any atom is 0.230 e. The van der Waals surface area contributed by atoms with Gasteiger partial charge in [-0.3, -0.25) is 9.78 Å². The third kappa shape index (κ3) is 3.23. The molecule has 0 aliphatic heterocycles. The van der Waals surface area contributed by atoms with E-state index in [1.54, 1.807) is 6.20 Å². The van der Waals surface area contributed by atoms with Crippen LogP contribution in [-0.4, -0.2) is 34.1 Å². The highest BCUT2D eigenvalue weighted by Gasteiger charge is 2.36. The second-order valence-corrected chi connectivity index (χ2v) is 5.48. The molecule has 0 bridgehead atoms. The van der Waals surface area contributed by atoms with Crippen LogP contribution in [0.1, 0.15) is 24.6 Å². The second-order valence-electron chi connectivity index (χ2n) is 4.62. The monoisotopic (exact) mass is 266 g/mol. The third-order valence-electron chi connectivity index (χ3n) is 3.22. The fourth-order valence-electron chi connectivity index (χ4n) is 2.24. The summed E-state index contributed by atoms with van der Waals surface area (Å²) < 4.78 is 0. The fraction of sp³-hybridized carbons (Fsp3) is 0.538. The van der Waals surface area contributed by atoms with E-state index in [0.717, 1.165) is 18.5 Å². The minimum absolute atomic E-state index is 0.0274. The molecule has 1 fully saturated rings. The zero-order valence-electron chi connectivity index (χ0n) is 10.4. The Morgan fingerprint density at radius 3 is 2.94 bits per heavy atom. The number of aliphatic hydroxyl groups is 1. The molecule has 1 unspecified atom stereocenters. The lowest BCUT2D eigenvalue weighted by molar-refractivity contribution is -0.120. The Labute approximate surface area is 111 Å². The number of rotatable bonds is 5. The molecule has 1 aliphatic rings. The van der Waals surface area contributed by atoms with Crippen molar-refractivity contribution in [1.82, 2.24) is 10.3 Å². The number of pyridine rings is 1. The number of aromatic nitrogens is 1. The normalized spacial score (nSPS) is 24.1. The third-order valence-corrected chi connectivity index (χ3v) is 3.77. The van der Waals surface area contributed by atoms with Crippen LogP contribution in [0.4, 0.5) is 0 Å². The maximum absolute atomic E-state index is 11.7. The summed E-state index contributed by atoms with van der Waals surface area (Å²) in [5, 5.41) is 12.4. The number of carbonyl (C=O) groups is 1. The molecule has 0 aromatic carbocycles. The molecule has 2 rings (SSSR count). The molecule has 1 aromatic rings. The van der Waals surface area contributed by atoms with Crippen LogP contribution >= 0.6 is 11.8 Å². The number of hydrogen-bond acceptors (Lipinski definition) is 4. The van der Waals surface area contributed by atoms with Gasteiger partial charge >= 0.3 is 0 Å². The van der Waals surface area contributed by atoms with Gasteiger partial charge in [0, 0.05) is 6.20 Å². The number of carbonyl (C=O) groups excluding carboxylic acids is 1. The summed E-state index contributed by atoms with van der Waals surface area (Å²) in [5.74, 6) is 0.777. The van der Waals surface area contributed by atoms with Crippen LogP contribution in [0, 0.1) is 5.92 Å². The lowest BCUT2D eigenvalue weighted by atomic mass is 9.76. The zero-order valence-corrected chi connectivity index (χ0v) is 11.2. The average molecular weight is 266 g/mol. The first-order valence-corrected chi connectivity index (χ1v) is 7.47. The Kier molecular flexibility index (Phi) is 4.60. The van der Waals surface area contributed by atoms with Crippen molar-refractivity contribution in [2.45, 2.75) is 25.0 Å². The Hall–Kier alpha value is -1.07. The van der Waals surface area contributed by atoms with Gasteiger partial charge in [0.15, 0.2) is 0 Å². The van der Waals surface area contributed by atoms with E-state index < -0.39 is 0 Å². The minimum Gasteiger partial charge on any atom is -0.393 e. The zero-order chi connectivity index (χ0) is 13.0. The van der Waals surface area contributed by atoms with Crippen molar-refractivity contribution < 1.29 is 9.90 Å². The van der Waals surface area contributed by atoms with Crippen LogP contribution in [0.15, 0.2) is 24.4 Å². The quantitative estimate of drug-likeness (QED) is 0.845. The summed E-state index contributed by atoms with van der Waals surface area (Å²) in [6.45, 7) is 0. The smallest absolute Gasteiger partial charge is 0.230 e. The number of amides is 1. The van der Waals surface area contributed by atoms with E-state index in [0.29, 0.717) is 11.7 Å². The molecule has 98 valence electrons. The van der Waals surface area contributed by atoms with Gasteiger partial charge in [0.1, 0.15) is 0 Å². The van der Waals surface area contributed by atoms with Crippen molar-refractivity contribution in [2.24, 2.45) is 5.92 Å². The van der Waals surface area contributed by atoms with Crippen molar-refractivity contribution in [3.05, 3.63) is 30.1 Å². The molecule has 1 atom stereocenters. The molecule has 1 aliphatic carbocycles. The molecule has 0 saturated heterocycles. The Bertz CT molecular complexity index is 393. The van der Waals surface area contributed by atoms with Gasteiger partial charge in [-0.15, -0.1) is 0 Å². The minimum atomic E-state index is -0.223. The standard InChI is InChI=1S/C13H18N2O2S/c1-18-8-12(17)15-13(9-6-10(16)7-9)11-4-2-3-5-14-11/h2-5,9-10,13,16H,6-8H2,1H3,(H,15,17). The highest BCUT2D eigenvalue weighted by atomic mass is 32.2. The maximum atomic E-state index is 11.7. The topological polar surface area (TPSA) is 62.2 Å². The molecule has 2 N–H and O–H groups in total. The van der Waals surface area contributed by atoms with Gasteiger partial charge in [-0.1, -0.05) is 6.07 Å². The first kappa shape index (κ1) is 13.4. The predicted octanol–water partition coefficient (Wildman–Crippen LogP) is 1.37. The summed E-state index contributed by atoms with van der Waals surface area (Å²) in [6.07, 6.45) is 4.89. The fourth-order valence-corrected chi connectivity index (χ4v) is 2.59. The van der Waals surface area contributed by atoms with Gasteiger partial charge in [-0.05, 0) is 37.1 Å². The van der Waals surface area contributed by atoms with Gasteiger partial charge in [-0.2, -0.15) is 11.8 Å². The lowest BCUT2D eigenvalue weighted by Crippen LogP contribution is -2.42. The van der Waals surface area contributed by atoms with E-state index in [1.165, 1.54) is 11.8 Å². The van der Waals surface area contributed by atoms with Crippen LogP contribution in [0.5, 0.6) is 0 Å². The van der Waals surface area contributed by atoms with Crippen LogP contribution in [-0.2, 0) is 4.79 Å². The van der Waals surface area contributed by atoms with Gasteiger partial charge in [0.25, 0.3) is 0 Å². The van der Waals surface area contributed by atoms with E-state index in [2.05, 4.69) is 10.3 Å². The number of hydrogen-bond donors (Lipinski definition) is 2. The van der Waals surface area contributed by atoms with E-state index in [-0.39, 0.29) is 18.1 Å². The molecule has 18 heavy (non-hydrogen) atoms. The summed E-state index contributed by atoms with van der Waals surface area (Å²) in [6, 6.07) is 5.63. The van der Waals surface area contributed by atoms with E-state index in [9.17, 15) is 9.90 Å². The van der Waals surface area contributed by atoms with Crippen LogP contribution in [0.25, 0.3) is 0 Å². The Balaban J connectivity index is 2.06. The second kappa shape index (κ2) is 6.20. The molecule has 5 heteroatoms. The Morgan fingerprint density at radius 1 is 1.61 bits per heavy atom. The summed E-state index contributed by atoms with van der Waals surface area (Å²) >= 11 is 1.50. The van der Waals surface area contributed by atoms with Crippen molar-refractivity contribution in [3.63, 3.8) is 0 Å². The number of thioether (sulfide) groups is 1. The van der Waals surface area contributed by atoms with Gasteiger partial charge in [0.2, 0.25) is 5.91 Å². The molecule has 1 saturated carbocycles. The molecule has 1 heterocycles. The van der Waals surface area contributed by atoms with Crippen LogP contribution in [0.2, 0.25) is 0 Å². The summed E-state index contributed by atoms with van der Waals surface area (Å²) in [7, 11) is 0. The van der Waals surface area contributed by atoms with Crippen molar-refractivity contribution in [3.8, 4) is 0 Å². The largest absolute Gasteiger partial charge is 0.393 e. The van der Waals surface area contributed by atoms with Gasteiger partial charge in [-0.25, -0.2) is 0 Å². The number of nitrogens with one attached hydrogen (secondary N) is 1. The molecule has 1 amide bonds. The first-order valence-electron chi connectivity index (χ1n) is 6.08. The van der Waals surface area contributed by atoms with Crippen molar-refractivity contribution in [2.75, 3.05) is 12.0 Å². The highest BCUT2D eigenvalue weighted by molar-refractivity contribution is 7.99. The number of aliphatic hydroxyl groups excluding tert-OH is 1. The van der Waals surface area contributed by atoms with E-state index in [1.807, 2.05) is 24.5 Å². The van der Waals surface area contributed by atoms with Gasteiger partial charge in [0.05, 0.1) is 23.6 Å². The van der Waals surface area contributed by atoms with Gasteiger partial charge < -0.3 is 10.4 Å². The summed E-state index contributed by atoms with van der Waals surface area (Å²) in [5.41, 5.74) is 0.879. The molecular formula is C13H18N2O2S. The van der Waals surface area contributed by atoms with Crippen molar-refractivity contribution in [1.29, 1.82) is 0 Å². The molecular weight excluding hydrogens is 248 g/mol.